The third kappa shape index (κ3) is 3.59. The lowest BCUT2D eigenvalue weighted by Crippen LogP contribution is -1.98. The molecule has 2 rings (SSSR count). The third-order valence-corrected chi connectivity index (χ3v) is 3.29. The van der Waals surface area contributed by atoms with Crippen molar-refractivity contribution in [3.63, 3.8) is 0 Å². The van der Waals surface area contributed by atoms with E-state index in [1.807, 2.05) is 0 Å². The molecule has 0 bridgehead atoms. The topological polar surface area (TPSA) is 55.8 Å². The quantitative estimate of drug-likeness (QED) is 0.669. The molecule has 1 N–H and O–H groups in total. The summed E-state index contributed by atoms with van der Waals surface area (Å²) in [6, 6.07) is 9.72. The molecule has 0 aliphatic rings. The molecule has 0 radical (unpaired) electrons. The van der Waals surface area contributed by atoms with Gasteiger partial charge in [-0.25, -0.2) is 0 Å². The van der Waals surface area contributed by atoms with Crippen LogP contribution < -0.4 is 9.47 Å². The van der Waals surface area contributed by atoms with E-state index >= 15 is 0 Å². The van der Waals surface area contributed by atoms with E-state index < -0.39 is 0 Å². The molecule has 2 aromatic carbocycles. The molecule has 4 nitrogen and oxygen atoms in total. The van der Waals surface area contributed by atoms with Gasteiger partial charge in [0.15, 0.2) is 17.3 Å². The number of phenolic OH excluding ortho intramolecular Hbond substituents is 1. The van der Waals surface area contributed by atoms with Gasteiger partial charge in [0, 0.05) is 5.02 Å². The zero-order chi connectivity index (χ0) is 16.1. The fourth-order valence-electron chi connectivity index (χ4n) is 1.95. The molecule has 0 aliphatic carbocycles. The van der Waals surface area contributed by atoms with E-state index in [0.717, 1.165) is 0 Å². The van der Waals surface area contributed by atoms with Gasteiger partial charge in [0.1, 0.15) is 5.75 Å². The summed E-state index contributed by atoms with van der Waals surface area (Å²) in [5, 5.41) is 10.2. The first-order chi connectivity index (χ1) is 10.5. The van der Waals surface area contributed by atoms with Crippen molar-refractivity contribution in [1.82, 2.24) is 0 Å². The molecule has 0 atom stereocenters. The molecule has 2 aromatic rings. The summed E-state index contributed by atoms with van der Waals surface area (Å²) in [5.41, 5.74) is 1.05. The summed E-state index contributed by atoms with van der Waals surface area (Å²) in [6.45, 7) is 0. The van der Waals surface area contributed by atoms with Crippen LogP contribution in [0.25, 0.3) is 6.08 Å². The van der Waals surface area contributed by atoms with Crippen LogP contribution in [0.3, 0.4) is 0 Å². The molecular weight excluding hydrogens is 304 g/mol. The summed E-state index contributed by atoms with van der Waals surface area (Å²) in [4.78, 5) is 12.2. The minimum atomic E-state index is -0.241. The predicted octanol–water partition coefficient (Wildman–Crippen LogP) is 3.96. The van der Waals surface area contributed by atoms with Gasteiger partial charge in [-0.05, 0) is 42.0 Å². The van der Waals surface area contributed by atoms with Crippen molar-refractivity contribution >= 4 is 23.5 Å². The number of hydrogen-bond donors (Lipinski definition) is 1. The molecule has 0 spiro atoms. The number of methoxy groups -OCH3 is 2. The number of aromatic hydroxyl groups is 1. The maximum absolute atomic E-state index is 12.2. The summed E-state index contributed by atoms with van der Waals surface area (Å²) in [5.74, 6) is 0.601. The fraction of sp³-hybridized carbons (Fsp3) is 0.118. The van der Waals surface area contributed by atoms with Crippen LogP contribution in [0, 0.1) is 0 Å². The largest absolute Gasteiger partial charge is 0.504 e. The van der Waals surface area contributed by atoms with E-state index in [1.54, 1.807) is 36.4 Å². The number of hydrogen-bond acceptors (Lipinski definition) is 4. The summed E-state index contributed by atoms with van der Waals surface area (Å²) in [6.07, 6.45) is 3.00. The van der Waals surface area contributed by atoms with Crippen LogP contribution in [-0.2, 0) is 0 Å². The highest BCUT2D eigenvalue weighted by Crippen LogP contribution is 2.27. The Morgan fingerprint density at radius 2 is 1.77 bits per heavy atom. The smallest absolute Gasteiger partial charge is 0.189 e. The first-order valence-electron chi connectivity index (χ1n) is 6.48. The number of rotatable bonds is 5. The highest BCUT2D eigenvalue weighted by atomic mass is 35.5. The van der Waals surface area contributed by atoms with Crippen molar-refractivity contribution in [3.05, 3.63) is 58.6 Å². The van der Waals surface area contributed by atoms with Gasteiger partial charge >= 0.3 is 0 Å². The molecule has 0 saturated heterocycles. The molecule has 0 aliphatic heterocycles. The van der Waals surface area contributed by atoms with Gasteiger partial charge in [0.25, 0.3) is 0 Å². The Hall–Kier alpha value is -2.46. The van der Waals surface area contributed by atoms with Crippen LogP contribution in [0.2, 0.25) is 5.02 Å². The highest BCUT2D eigenvalue weighted by molar-refractivity contribution is 6.31. The first kappa shape index (κ1) is 15.9. The molecule has 0 fully saturated rings. The van der Waals surface area contributed by atoms with Crippen LogP contribution in [0.4, 0.5) is 0 Å². The summed E-state index contributed by atoms with van der Waals surface area (Å²) < 4.78 is 10.1. The second kappa shape index (κ2) is 7.00. The molecule has 5 heteroatoms. The summed E-state index contributed by atoms with van der Waals surface area (Å²) >= 11 is 5.91. The number of ketones is 1. The van der Waals surface area contributed by atoms with Crippen LogP contribution in [0.5, 0.6) is 17.2 Å². The fourth-order valence-corrected chi connectivity index (χ4v) is 2.12. The molecular formula is C17H15ClO4. The van der Waals surface area contributed by atoms with Gasteiger partial charge in [-0.2, -0.15) is 0 Å². The normalized spacial score (nSPS) is 10.7. The standard InChI is InChI=1S/C17H15ClO4/c1-21-16-8-5-12(18)10-13(16)14(19)6-3-11-4-7-17(22-2)15(20)9-11/h3-10,20H,1-2H3/b6-3+. The van der Waals surface area contributed by atoms with Gasteiger partial charge in [0.2, 0.25) is 0 Å². The molecule has 0 saturated carbocycles. The van der Waals surface area contributed by atoms with Crippen molar-refractivity contribution in [2.24, 2.45) is 0 Å². The van der Waals surface area contributed by atoms with Gasteiger partial charge in [0.05, 0.1) is 19.8 Å². The van der Waals surface area contributed by atoms with Gasteiger partial charge in [-0.15, -0.1) is 0 Å². The molecule has 0 amide bonds. The van der Waals surface area contributed by atoms with E-state index in [-0.39, 0.29) is 11.5 Å². The van der Waals surface area contributed by atoms with Crippen LogP contribution in [0.15, 0.2) is 42.5 Å². The van der Waals surface area contributed by atoms with Crippen LogP contribution >= 0.6 is 11.6 Å². The number of ether oxygens (including phenoxy) is 2. The van der Waals surface area contributed by atoms with E-state index in [9.17, 15) is 9.90 Å². The number of carbonyl (C=O) groups excluding carboxylic acids is 1. The lowest BCUT2D eigenvalue weighted by Gasteiger charge is -2.06. The monoisotopic (exact) mass is 318 g/mol. The molecule has 0 heterocycles. The van der Waals surface area contributed by atoms with Gasteiger partial charge in [-0.3, -0.25) is 4.79 Å². The van der Waals surface area contributed by atoms with E-state index in [4.69, 9.17) is 21.1 Å². The van der Waals surface area contributed by atoms with Crippen LogP contribution in [-0.4, -0.2) is 25.1 Å². The third-order valence-electron chi connectivity index (χ3n) is 3.06. The zero-order valence-electron chi connectivity index (χ0n) is 12.2. The first-order valence-corrected chi connectivity index (χ1v) is 6.86. The van der Waals surface area contributed by atoms with E-state index in [0.29, 0.717) is 27.6 Å². The Balaban J connectivity index is 2.25. The average Bonchev–Trinajstić information content (AvgIpc) is 2.52. The summed E-state index contributed by atoms with van der Waals surface area (Å²) in [7, 11) is 2.96. The van der Waals surface area contributed by atoms with Gasteiger partial charge < -0.3 is 14.6 Å². The Labute approximate surface area is 133 Å². The number of halogens is 1. The second-order valence-electron chi connectivity index (χ2n) is 4.47. The minimum Gasteiger partial charge on any atom is -0.504 e. The predicted molar refractivity (Wildman–Crippen MR) is 86.0 cm³/mol. The lowest BCUT2D eigenvalue weighted by molar-refractivity contribution is 0.104. The number of allylic oxidation sites excluding steroid dienone is 1. The molecule has 0 aromatic heterocycles. The Bertz CT molecular complexity index is 723. The molecule has 114 valence electrons. The Kier molecular flexibility index (Phi) is 5.07. The lowest BCUT2D eigenvalue weighted by atomic mass is 10.1. The molecule has 22 heavy (non-hydrogen) atoms. The maximum Gasteiger partial charge on any atom is 0.189 e. The average molecular weight is 319 g/mol. The van der Waals surface area contributed by atoms with Crippen LogP contribution in [0.1, 0.15) is 15.9 Å². The Morgan fingerprint density at radius 1 is 1.09 bits per heavy atom. The SMILES string of the molecule is COc1ccc(/C=C/C(=O)c2cc(Cl)ccc2OC)cc1O. The van der Waals surface area contributed by atoms with Crippen molar-refractivity contribution in [1.29, 1.82) is 0 Å². The van der Waals surface area contributed by atoms with Crippen molar-refractivity contribution in [2.75, 3.05) is 14.2 Å². The number of carbonyl (C=O) groups is 1. The number of phenols is 1. The number of benzene rings is 2. The maximum atomic E-state index is 12.2. The molecule has 0 unspecified atom stereocenters. The van der Waals surface area contributed by atoms with Crippen molar-refractivity contribution in [2.45, 2.75) is 0 Å². The second-order valence-corrected chi connectivity index (χ2v) is 4.91. The zero-order valence-corrected chi connectivity index (χ0v) is 12.9. The van der Waals surface area contributed by atoms with E-state index in [2.05, 4.69) is 0 Å². The van der Waals surface area contributed by atoms with Crippen molar-refractivity contribution in [3.8, 4) is 17.2 Å². The highest BCUT2D eigenvalue weighted by Gasteiger charge is 2.10. The van der Waals surface area contributed by atoms with Crippen molar-refractivity contribution < 1.29 is 19.4 Å². The van der Waals surface area contributed by atoms with E-state index in [1.165, 1.54) is 26.4 Å². The van der Waals surface area contributed by atoms with Gasteiger partial charge in [-0.1, -0.05) is 23.7 Å². The Morgan fingerprint density at radius 3 is 2.41 bits per heavy atom. The minimum absolute atomic E-state index is 0.0115.